The van der Waals surface area contributed by atoms with Crippen molar-refractivity contribution in [2.24, 2.45) is 5.92 Å². The van der Waals surface area contributed by atoms with Gasteiger partial charge in [0, 0.05) is 23.7 Å². The minimum atomic E-state index is -0.340. The first-order valence-corrected chi connectivity index (χ1v) is 8.05. The zero-order valence-corrected chi connectivity index (χ0v) is 14.1. The second-order valence-corrected chi connectivity index (χ2v) is 6.26. The van der Waals surface area contributed by atoms with Gasteiger partial charge in [-0.2, -0.15) is 0 Å². The summed E-state index contributed by atoms with van der Waals surface area (Å²) in [6.07, 6.45) is 1.46. The molecule has 0 spiro atoms. The number of halogens is 1. The highest BCUT2D eigenvalue weighted by Crippen LogP contribution is 2.26. The summed E-state index contributed by atoms with van der Waals surface area (Å²) in [6, 6.07) is 9.67. The Balaban J connectivity index is 2.05. The normalized spacial score (nSPS) is 11.0. The Kier molecular flexibility index (Phi) is 4.61. The van der Waals surface area contributed by atoms with Gasteiger partial charge >= 0.3 is 0 Å². The monoisotopic (exact) mass is 338 g/mol. The minimum absolute atomic E-state index is 0.216. The second-order valence-electron chi connectivity index (χ2n) is 6.26. The largest absolute Gasteiger partial charge is 0.382 e. The molecule has 5 nitrogen and oxygen atoms in total. The topological polar surface area (TPSA) is 80.9 Å². The number of carbonyl (C=O) groups is 1. The van der Waals surface area contributed by atoms with Gasteiger partial charge in [0.1, 0.15) is 17.2 Å². The van der Waals surface area contributed by atoms with Crippen molar-refractivity contribution >= 4 is 22.6 Å². The number of carbonyl (C=O) groups excluding carboxylic acids is 1. The van der Waals surface area contributed by atoms with E-state index in [-0.39, 0.29) is 17.5 Å². The van der Waals surface area contributed by atoms with Gasteiger partial charge in [0.25, 0.3) is 5.91 Å². The van der Waals surface area contributed by atoms with Crippen molar-refractivity contribution in [2.75, 3.05) is 12.3 Å². The number of nitrogen functional groups attached to an aromatic ring is 1. The average Bonchev–Trinajstić information content (AvgIpc) is 2.60. The maximum Gasteiger partial charge on any atom is 0.253 e. The molecule has 0 saturated carbocycles. The van der Waals surface area contributed by atoms with Crippen LogP contribution in [-0.2, 0) is 0 Å². The molecule has 0 radical (unpaired) electrons. The molecule has 0 atom stereocenters. The number of amides is 1. The highest BCUT2D eigenvalue weighted by molar-refractivity contribution is 6.08. The Morgan fingerprint density at radius 1 is 1.28 bits per heavy atom. The Labute approximate surface area is 145 Å². The third kappa shape index (κ3) is 3.57. The lowest BCUT2D eigenvalue weighted by Crippen LogP contribution is -2.27. The van der Waals surface area contributed by atoms with Crippen LogP contribution in [0.4, 0.5) is 10.2 Å². The second kappa shape index (κ2) is 6.84. The van der Waals surface area contributed by atoms with E-state index in [2.05, 4.69) is 15.3 Å². The lowest BCUT2D eigenvalue weighted by molar-refractivity contribution is 0.0950. The van der Waals surface area contributed by atoms with Crippen LogP contribution in [-0.4, -0.2) is 22.4 Å². The number of fused-ring (bicyclic) bond motifs is 1. The molecule has 2 heterocycles. The summed E-state index contributed by atoms with van der Waals surface area (Å²) in [7, 11) is 0. The summed E-state index contributed by atoms with van der Waals surface area (Å²) in [5.74, 6) is 0.0159. The van der Waals surface area contributed by atoms with Gasteiger partial charge in [-0.1, -0.05) is 26.0 Å². The number of nitrogens with zero attached hydrogens (tertiary/aromatic N) is 2. The number of hydrogen-bond acceptors (Lipinski definition) is 4. The first-order valence-electron chi connectivity index (χ1n) is 8.05. The molecule has 0 aliphatic rings. The summed E-state index contributed by atoms with van der Waals surface area (Å²) < 4.78 is 13.4. The molecule has 3 aromatic rings. The third-order valence-electron chi connectivity index (χ3n) is 3.80. The zero-order valence-electron chi connectivity index (χ0n) is 14.1. The van der Waals surface area contributed by atoms with E-state index in [9.17, 15) is 9.18 Å². The minimum Gasteiger partial charge on any atom is -0.382 e. The fourth-order valence-corrected chi connectivity index (χ4v) is 2.52. The molecule has 3 N–H and O–H groups in total. The number of rotatable bonds is 4. The number of anilines is 1. The van der Waals surface area contributed by atoms with E-state index >= 15 is 0 Å². The fourth-order valence-electron chi connectivity index (χ4n) is 2.52. The van der Waals surface area contributed by atoms with Crippen LogP contribution in [0.25, 0.3) is 22.2 Å². The molecular formula is C19H19FN4O. The highest BCUT2D eigenvalue weighted by atomic mass is 19.1. The molecule has 0 aliphatic heterocycles. The van der Waals surface area contributed by atoms with Crippen molar-refractivity contribution in [1.29, 1.82) is 0 Å². The van der Waals surface area contributed by atoms with Gasteiger partial charge in [-0.15, -0.1) is 0 Å². The van der Waals surface area contributed by atoms with Crippen molar-refractivity contribution in [3.8, 4) is 11.3 Å². The molecule has 1 amide bonds. The SMILES string of the molecule is CC(C)CNC(=O)c1cnc(N)c2nc(-c3cccc(F)c3)ccc12. The predicted octanol–water partition coefficient (Wildman–Crippen LogP) is 3.40. The fraction of sp³-hybridized carbons (Fsp3) is 0.211. The number of benzene rings is 1. The van der Waals surface area contributed by atoms with E-state index in [1.807, 2.05) is 13.8 Å². The first-order chi connectivity index (χ1) is 12.0. The van der Waals surface area contributed by atoms with Gasteiger partial charge in [0.05, 0.1) is 11.3 Å². The van der Waals surface area contributed by atoms with Gasteiger partial charge in [0.15, 0.2) is 0 Å². The van der Waals surface area contributed by atoms with Gasteiger partial charge in [0.2, 0.25) is 0 Å². The molecule has 0 bridgehead atoms. The molecule has 25 heavy (non-hydrogen) atoms. The van der Waals surface area contributed by atoms with E-state index < -0.39 is 0 Å². The van der Waals surface area contributed by atoms with Crippen molar-refractivity contribution in [3.63, 3.8) is 0 Å². The summed E-state index contributed by atoms with van der Waals surface area (Å²) in [5, 5.41) is 3.49. The lowest BCUT2D eigenvalue weighted by atomic mass is 10.1. The molecule has 2 aromatic heterocycles. The van der Waals surface area contributed by atoms with E-state index in [1.54, 1.807) is 24.3 Å². The van der Waals surface area contributed by atoms with Crippen LogP contribution in [0.15, 0.2) is 42.6 Å². The van der Waals surface area contributed by atoms with Crippen LogP contribution in [0.5, 0.6) is 0 Å². The lowest BCUT2D eigenvalue weighted by Gasteiger charge is -2.11. The Morgan fingerprint density at radius 3 is 2.80 bits per heavy atom. The van der Waals surface area contributed by atoms with Gasteiger partial charge in [-0.3, -0.25) is 4.79 Å². The number of pyridine rings is 2. The maximum atomic E-state index is 13.4. The van der Waals surface area contributed by atoms with Crippen LogP contribution < -0.4 is 11.1 Å². The summed E-state index contributed by atoms with van der Waals surface area (Å²) in [4.78, 5) is 21.0. The summed E-state index contributed by atoms with van der Waals surface area (Å²) in [5.41, 5.74) is 8.00. The van der Waals surface area contributed by atoms with Gasteiger partial charge in [-0.05, 0) is 30.2 Å². The number of nitrogens with two attached hydrogens (primary N) is 1. The Bertz CT molecular complexity index is 940. The molecule has 0 aliphatic carbocycles. The standard InChI is InChI=1S/C19H19FN4O/c1-11(2)9-23-19(25)15-10-22-18(21)17-14(15)6-7-16(24-17)12-4-3-5-13(20)8-12/h3-8,10-11H,9H2,1-2H3,(H2,21,22)(H,23,25). The van der Waals surface area contributed by atoms with Crippen LogP contribution in [0, 0.1) is 11.7 Å². The maximum absolute atomic E-state index is 13.4. The van der Waals surface area contributed by atoms with Crippen molar-refractivity contribution in [3.05, 3.63) is 54.0 Å². The van der Waals surface area contributed by atoms with Gasteiger partial charge in [-0.25, -0.2) is 14.4 Å². The van der Waals surface area contributed by atoms with E-state index in [4.69, 9.17) is 5.73 Å². The van der Waals surface area contributed by atoms with Crippen LogP contribution in [0.1, 0.15) is 24.2 Å². The molecule has 0 unspecified atom stereocenters. The first kappa shape index (κ1) is 16.8. The molecule has 128 valence electrons. The molecule has 3 rings (SSSR count). The van der Waals surface area contributed by atoms with Crippen LogP contribution in [0.2, 0.25) is 0 Å². The van der Waals surface area contributed by atoms with E-state index in [0.29, 0.717) is 40.2 Å². The molecule has 0 saturated heterocycles. The molecule has 1 aromatic carbocycles. The van der Waals surface area contributed by atoms with Gasteiger partial charge < -0.3 is 11.1 Å². The van der Waals surface area contributed by atoms with Crippen LogP contribution in [0.3, 0.4) is 0 Å². The quantitative estimate of drug-likeness (QED) is 0.764. The van der Waals surface area contributed by atoms with Crippen molar-refractivity contribution < 1.29 is 9.18 Å². The summed E-state index contributed by atoms with van der Waals surface area (Å²) in [6.45, 7) is 4.61. The van der Waals surface area contributed by atoms with E-state index in [0.717, 1.165) is 0 Å². The smallest absolute Gasteiger partial charge is 0.253 e. The Hall–Kier alpha value is -3.02. The molecule has 6 heteroatoms. The third-order valence-corrected chi connectivity index (χ3v) is 3.80. The van der Waals surface area contributed by atoms with Crippen molar-refractivity contribution in [2.45, 2.75) is 13.8 Å². The number of hydrogen-bond donors (Lipinski definition) is 2. The highest BCUT2D eigenvalue weighted by Gasteiger charge is 2.15. The number of nitrogens with one attached hydrogen (secondary N) is 1. The molecule has 0 fully saturated rings. The summed E-state index contributed by atoms with van der Waals surface area (Å²) >= 11 is 0. The Morgan fingerprint density at radius 2 is 2.08 bits per heavy atom. The number of aromatic nitrogens is 2. The van der Waals surface area contributed by atoms with Crippen molar-refractivity contribution in [1.82, 2.24) is 15.3 Å². The van der Waals surface area contributed by atoms with Crippen LogP contribution >= 0.6 is 0 Å². The zero-order chi connectivity index (χ0) is 18.0. The molecular weight excluding hydrogens is 319 g/mol. The van der Waals surface area contributed by atoms with E-state index in [1.165, 1.54) is 18.3 Å². The predicted molar refractivity (Wildman–Crippen MR) is 96.5 cm³/mol. The average molecular weight is 338 g/mol.